The second-order valence-electron chi connectivity index (χ2n) is 4.62. The number of halogens is 1. The number of hydrogen-bond donors (Lipinski definition) is 1. The number of fused-ring (bicyclic) bond motifs is 1. The first kappa shape index (κ1) is 8.42. The third-order valence-corrected chi connectivity index (χ3v) is 3.68. The first-order valence-electron chi connectivity index (χ1n) is 5.28. The second kappa shape index (κ2) is 2.57. The topological polar surface area (TPSA) is 26.0 Å². The molecule has 74 valence electrons. The van der Waals surface area contributed by atoms with Crippen molar-refractivity contribution in [1.29, 1.82) is 0 Å². The van der Waals surface area contributed by atoms with Crippen molar-refractivity contribution in [2.24, 2.45) is 11.7 Å². The molecule has 1 aromatic carbocycles. The minimum absolute atomic E-state index is 0.135. The van der Waals surface area contributed by atoms with Gasteiger partial charge in [-0.1, -0.05) is 6.07 Å². The van der Waals surface area contributed by atoms with Crippen LogP contribution in [-0.2, 0) is 12.0 Å². The highest BCUT2D eigenvalue weighted by Gasteiger charge is 2.46. The van der Waals surface area contributed by atoms with Crippen LogP contribution < -0.4 is 5.73 Å². The van der Waals surface area contributed by atoms with Gasteiger partial charge in [-0.05, 0) is 54.9 Å². The largest absolute Gasteiger partial charge is 0.321 e. The Morgan fingerprint density at radius 1 is 1.36 bits per heavy atom. The molecule has 0 amide bonds. The fourth-order valence-corrected chi connectivity index (χ4v) is 2.72. The Hall–Kier alpha value is -0.890. The third kappa shape index (κ3) is 1.04. The summed E-state index contributed by atoms with van der Waals surface area (Å²) in [6, 6.07) is 5.07. The van der Waals surface area contributed by atoms with Crippen LogP contribution in [0, 0.1) is 11.7 Å². The van der Waals surface area contributed by atoms with Crippen LogP contribution in [0.5, 0.6) is 0 Å². The number of hydrogen-bond acceptors (Lipinski definition) is 1. The van der Waals surface area contributed by atoms with E-state index in [0.29, 0.717) is 5.92 Å². The minimum atomic E-state index is -0.136. The molecule has 1 fully saturated rings. The Balaban J connectivity index is 2.09. The zero-order chi connectivity index (χ0) is 9.76. The monoisotopic (exact) mass is 191 g/mol. The quantitative estimate of drug-likeness (QED) is 0.724. The van der Waals surface area contributed by atoms with Crippen molar-refractivity contribution in [1.82, 2.24) is 0 Å². The van der Waals surface area contributed by atoms with Gasteiger partial charge in [0.2, 0.25) is 0 Å². The summed E-state index contributed by atoms with van der Waals surface area (Å²) < 4.78 is 13.0. The summed E-state index contributed by atoms with van der Waals surface area (Å²) in [4.78, 5) is 0. The molecule has 2 N–H and O–H groups in total. The van der Waals surface area contributed by atoms with Crippen LogP contribution in [0.3, 0.4) is 0 Å². The maximum absolute atomic E-state index is 13.0. The molecular weight excluding hydrogens is 177 g/mol. The van der Waals surface area contributed by atoms with Crippen LogP contribution in [-0.4, -0.2) is 0 Å². The lowest BCUT2D eigenvalue weighted by Gasteiger charge is -2.25. The van der Waals surface area contributed by atoms with Gasteiger partial charge in [-0.2, -0.15) is 0 Å². The van der Waals surface area contributed by atoms with Gasteiger partial charge < -0.3 is 5.73 Å². The summed E-state index contributed by atoms with van der Waals surface area (Å²) in [5.41, 5.74) is 8.59. The molecule has 1 atom stereocenters. The fourth-order valence-electron chi connectivity index (χ4n) is 2.72. The van der Waals surface area contributed by atoms with Gasteiger partial charge in [-0.15, -0.1) is 0 Å². The lowest BCUT2D eigenvalue weighted by molar-refractivity contribution is 0.383. The molecule has 0 heterocycles. The van der Waals surface area contributed by atoms with E-state index in [1.807, 2.05) is 6.07 Å². The molecule has 1 saturated carbocycles. The van der Waals surface area contributed by atoms with Crippen molar-refractivity contribution in [3.63, 3.8) is 0 Å². The number of aryl methyl sites for hydroxylation is 1. The third-order valence-electron chi connectivity index (χ3n) is 3.68. The standard InChI is InChI=1S/C12H14FN/c13-10-3-4-11-8(7-10)5-6-12(11,14)9-1-2-9/h3-4,7,9H,1-2,5-6,14H2. The average molecular weight is 191 g/mol. The van der Waals surface area contributed by atoms with Crippen LogP contribution in [0.15, 0.2) is 18.2 Å². The van der Waals surface area contributed by atoms with Gasteiger partial charge in [-0.25, -0.2) is 4.39 Å². The van der Waals surface area contributed by atoms with Gasteiger partial charge in [-0.3, -0.25) is 0 Å². The molecule has 2 aliphatic rings. The molecule has 1 nitrogen and oxygen atoms in total. The van der Waals surface area contributed by atoms with Gasteiger partial charge in [0.15, 0.2) is 0 Å². The second-order valence-corrected chi connectivity index (χ2v) is 4.62. The van der Waals surface area contributed by atoms with Crippen molar-refractivity contribution < 1.29 is 4.39 Å². The lowest BCUT2D eigenvalue weighted by atomic mass is 9.88. The van der Waals surface area contributed by atoms with Gasteiger partial charge in [0.05, 0.1) is 0 Å². The molecule has 0 aliphatic heterocycles. The van der Waals surface area contributed by atoms with E-state index in [1.165, 1.54) is 24.5 Å². The Bertz CT molecular complexity index is 384. The maximum atomic E-state index is 13.0. The smallest absolute Gasteiger partial charge is 0.123 e. The lowest BCUT2D eigenvalue weighted by Crippen LogP contribution is -2.36. The van der Waals surface area contributed by atoms with Crippen molar-refractivity contribution in [2.75, 3.05) is 0 Å². The highest BCUT2D eigenvalue weighted by Crippen LogP contribution is 2.50. The molecule has 2 heteroatoms. The van der Waals surface area contributed by atoms with Gasteiger partial charge in [0.25, 0.3) is 0 Å². The molecule has 0 saturated heterocycles. The van der Waals surface area contributed by atoms with Gasteiger partial charge >= 0.3 is 0 Å². The SMILES string of the molecule is NC1(C2CC2)CCc2cc(F)ccc21. The molecule has 0 spiro atoms. The molecule has 2 aliphatic carbocycles. The summed E-state index contributed by atoms with van der Waals surface area (Å²) in [5, 5.41) is 0. The van der Waals surface area contributed by atoms with Crippen molar-refractivity contribution >= 4 is 0 Å². The zero-order valence-corrected chi connectivity index (χ0v) is 8.09. The predicted octanol–water partition coefficient (Wildman–Crippen LogP) is 2.34. The van der Waals surface area contributed by atoms with Crippen LogP contribution >= 0.6 is 0 Å². The minimum Gasteiger partial charge on any atom is -0.321 e. The highest BCUT2D eigenvalue weighted by atomic mass is 19.1. The van der Waals surface area contributed by atoms with E-state index >= 15 is 0 Å². The van der Waals surface area contributed by atoms with Crippen LogP contribution in [0.1, 0.15) is 30.4 Å². The molecular formula is C12H14FN. The predicted molar refractivity (Wildman–Crippen MR) is 53.3 cm³/mol. The first-order valence-corrected chi connectivity index (χ1v) is 5.28. The molecule has 14 heavy (non-hydrogen) atoms. The van der Waals surface area contributed by atoms with E-state index in [0.717, 1.165) is 18.4 Å². The Kier molecular flexibility index (Phi) is 1.55. The number of nitrogens with two attached hydrogens (primary N) is 1. The molecule has 1 unspecified atom stereocenters. The van der Waals surface area contributed by atoms with E-state index in [-0.39, 0.29) is 11.4 Å². The van der Waals surface area contributed by atoms with Crippen molar-refractivity contribution in [3.05, 3.63) is 35.1 Å². The van der Waals surface area contributed by atoms with E-state index in [4.69, 9.17) is 5.73 Å². The first-order chi connectivity index (χ1) is 6.70. The zero-order valence-electron chi connectivity index (χ0n) is 8.09. The van der Waals surface area contributed by atoms with Gasteiger partial charge in [0, 0.05) is 5.54 Å². The highest BCUT2D eigenvalue weighted by molar-refractivity contribution is 5.40. The Labute approximate surface area is 83.1 Å². The maximum Gasteiger partial charge on any atom is 0.123 e. The van der Waals surface area contributed by atoms with Crippen LogP contribution in [0.2, 0.25) is 0 Å². The summed E-state index contributed by atoms with van der Waals surface area (Å²) in [6.07, 6.45) is 4.43. The summed E-state index contributed by atoms with van der Waals surface area (Å²) in [5.74, 6) is 0.512. The molecule has 0 bridgehead atoms. The van der Waals surface area contributed by atoms with E-state index < -0.39 is 0 Å². The summed E-state index contributed by atoms with van der Waals surface area (Å²) in [6.45, 7) is 0. The van der Waals surface area contributed by atoms with E-state index in [1.54, 1.807) is 6.07 Å². The normalized spacial score (nSPS) is 30.4. The van der Waals surface area contributed by atoms with E-state index in [2.05, 4.69) is 0 Å². The fraction of sp³-hybridized carbons (Fsp3) is 0.500. The average Bonchev–Trinajstić information content (AvgIpc) is 2.94. The van der Waals surface area contributed by atoms with Crippen LogP contribution in [0.25, 0.3) is 0 Å². The van der Waals surface area contributed by atoms with Crippen molar-refractivity contribution in [2.45, 2.75) is 31.2 Å². The molecule has 3 rings (SSSR count). The number of rotatable bonds is 1. The van der Waals surface area contributed by atoms with Crippen LogP contribution in [0.4, 0.5) is 4.39 Å². The van der Waals surface area contributed by atoms with Crippen molar-refractivity contribution in [3.8, 4) is 0 Å². The van der Waals surface area contributed by atoms with Gasteiger partial charge in [0.1, 0.15) is 5.82 Å². The summed E-state index contributed by atoms with van der Waals surface area (Å²) in [7, 11) is 0. The Morgan fingerprint density at radius 3 is 2.86 bits per heavy atom. The summed E-state index contributed by atoms with van der Waals surface area (Å²) >= 11 is 0. The number of benzene rings is 1. The van der Waals surface area contributed by atoms with E-state index in [9.17, 15) is 4.39 Å². The Morgan fingerprint density at radius 2 is 2.14 bits per heavy atom. The molecule has 0 aromatic heterocycles. The molecule has 0 radical (unpaired) electrons. The molecule has 1 aromatic rings.